The van der Waals surface area contributed by atoms with Crippen molar-refractivity contribution in [3.63, 3.8) is 0 Å². The monoisotopic (exact) mass is 567 g/mol. The third-order valence-electron chi connectivity index (χ3n) is 6.82. The van der Waals surface area contributed by atoms with Gasteiger partial charge < -0.3 is 19.5 Å². The van der Waals surface area contributed by atoms with Gasteiger partial charge in [0.05, 0.1) is 25.5 Å². The first-order chi connectivity index (χ1) is 19.9. The minimum Gasteiger partial charge on any atom is -0.468 e. The van der Waals surface area contributed by atoms with Gasteiger partial charge in [0.2, 0.25) is 0 Å². The molecule has 2 atom stereocenters. The van der Waals surface area contributed by atoms with Crippen LogP contribution in [0.1, 0.15) is 25.3 Å². The SMILES string of the molecule is COC(=O)C1=C(C)N=C(C)C(C(=O)OC)C1c1cccc(Nc2nc(-c3ccc(Oc4ccccc4)cc3)cs2)c1. The summed E-state index contributed by atoms with van der Waals surface area (Å²) in [4.78, 5) is 34.9. The maximum atomic E-state index is 12.8. The van der Waals surface area contributed by atoms with E-state index < -0.39 is 23.8 Å². The van der Waals surface area contributed by atoms with Crippen LogP contribution in [0.15, 0.2) is 101 Å². The number of allylic oxidation sites excluding steroid dienone is 1. The zero-order valence-electron chi connectivity index (χ0n) is 23.1. The molecular formula is C32H29N3O5S. The molecule has 8 nitrogen and oxygen atoms in total. The smallest absolute Gasteiger partial charge is 0.336 e. The Morgan fingerprint density at radius 1 is 0.878 bits per heavy atom. The molecule has 0 spiro atoms. The maximum absolute atomic E-state index is 12.8. The van der Waals surface area contributed by atoms with Gasteiger partial charge >= 0.3 is 11.9 Å². The highest BCUT2D eigenvalue weighted by molar-refractivity contribution is 7.14. The average molecular weight is 568 g/mol. The van der Waals surface area contributed by atoms with Crippen molar-refractivity contribution in [2.75, 3.05) is 19.5 Å². The van der Waals surface area contributed by atoms with E-state index in [1.165, 1.54) is 25.6 Å². The molecule has 1 aliphatic heterocycles. The Bertz CT molecular complexity index is 1630. The zero-order chi connectivity index (χ0) is 28.9. The number of hydrogen-bond acceptors (Lipinski definition) is 9. The van der Waals surface area contributed by atoms with Gasteiger partial charge in [-0.05, 0) is 67.9 Å². The standard InChI is InChI=1S/C32H29N3O5S/c1-19-27(30(36)38-3)29(28(20(2)33-19)31(37)39-4)22-9-8-10-23(17-22)34-32-35-26(18-41-32)21-13-15-25(16-14-21)40-24-11-6-5-7-12-24/h5-18,27,29H,1-4H3,(H,34,35). The van der Waals surface area contributed by atoms with Gasteiger partial charge in [-0.1, -0.05) is 30.3 Å². The highest BCUT2D eigenvalue weighted by atomic mass is 32.1. The number of carbonyl (C=O) groups excluding carboxylic acids is 2. The van der Waals surface area contributed by atoms with Crippen molar-refractivity contribution in [2.45, 2.75) is 19.8 Å². The first kappa shape index (κ1) is 27.8. The molecule has 2 unspecified atom stereocenters. The summed E-state index contributed by atoms with van der Waals surface area (Å²) in [5.74, 6) is -0.838. The molecule has 0 aliphatic carbocycles. The van der Waals surface area contributed by atoms with Crippen molar-refractivity contribution in [3.8, 4) is 22.8 Å². The fourth-order valence-corrected chi connectivity index (χ4v) is 5.66. The molecule has 0 amide bonds. The van der Waals surface area contributed by atoms with E-state index in [1.54, 1.807) is 13.8 Å². The number of benzene rings is 3. The number of ether oxygens (including phenoxy) is 3. The topological polar surface area (TPSA) is 99.1 Å². The minimum atomic E-state index is -0.756. The zero-order valence-corrected chi connectivity index (χ0v) is 23.9. The lowest BCUT2D eigenvalue weighted by molar-refractivity contribution is -0.143. The lowest BCUT2D eigenvalue weighted by Crippen LogP contribution is -2.36. The number of thiazole rings is 1. The summed E-state index contributed by atoms with van der Waals surface area (Å²) in [5.41, 5.74) is 4.74. The number of aromatic nitrogens is 1. The summed E-state index contributed by atoms with van der Waals surface area (Å²) in [6.45, 7) is 3.52. The molecule has 1 aliphatic rings. The third kappa shape index (κ3) is 6.05. The van der Waals surface area contributed by atoms with E-state index in [2.05, 4.69) is 10.3 Å². The van der Waals surface area contributed by atoms with E-state index in [-0.39, 0.29) is 0 Å². The predicted molar refractivity (Wildman–Crippen MR) is 160 cm³/mol. The second-order valence-corrected chi connectivity index (χ2v) is 10.3. The minimum absolute atomic E-state index is 0.335. The lowest BCUT2D eigenvalue weighted by Gasteiger charge is -2.31. The molecule has 2 heterocycles. The molecular weight excluding hydrogens is 538 g/mol. The highest BCUT2D eigenvalue weighted by Crippen LogP contribution is 2.41. The van der Waals surface area contributed by atoms with Crippen molar-refractivity contribution in [1.29, 1.82) is 0 Å². The van der Waals surface area contributed by atoms with Gasteiger partial charge in [-0.3, -0.25) is 9.79 Å². The van der Waals surface area contributed by atoms with Crippen LogP contribution in [0.3, 0.4) is 0 Å². The van der Waals surface area contributed by atoms with Crippen LogP contribution in [0.4, 0.5) is 10.8 Å². The molecule has 0 radical (unpaired) electrons. The summed E-state index contributed by atoms with van der Waals surface area (Å²) in [6.07, 6.45) is 0. The number of para-hydroxylation sites is 1. The summed E-state index contributed by atoms with van der Waals surface area (Å²) >= 11 is 1.48. The lowest BCUT2D eigenvalue weighted by atomic mass is 9.75. The third-order valence-corrected chi connectivity index (χ3v) is 7.58. The Labute approximate surface area is 242 Å². The largest absolute Gasteiger partial charge is 0.468 e. The highest BCUT2D eigenvalue weighted by Gasteiger charge is 2.42. The first-order valence-electron chi connectivity index (χ1n) is 13.0. The summed E-state index contributed by atoms with van der Waals surface area (Å²) < 4.78 is 16.0. The van der Waals surface area contributed by atoms with E-state index >= 15 is 0 Å². The molecule has 9 heteroatoms. The van der Waals surface area contributed by atoms with Crippen molar-refractivity contribution < 1.29 is 23.8 Å². The van der Waals surface area contributed by atoms with Crippen molar-refractivity contribution in [1.82, 2.24) is 4.98 Å². The molecule has 5 rings (SSSR count). The predicted octanol–water partition coefficient (Wildman–Crippen LogP) is 7.14. The number of hydrogen-bond donors (Lipinski definition) is 1. The molecule has 0 saturated heterocycles. The molecule has 0 saturated carbocycles. The number of nitrogens with one attached hydrogen (secondary N) is 1. The van der Waals surface area contributed by atoms with Crippen LogP contribution >= 0.6 is 11.3 Å². The Morgan fingerprint density at radius 3 is 2.32 bits per heavy atom. The summed E-state index contributed by atoms with van der Waals surface area (Å²) in [6, 6.07) is 25.0. The quantitative estimate of drug-likeness (QED) is 0.226. The maximum Gasteiger partial charge on any atom is 0.336 e. The van der Waals surface area contributed by atoms with E-state index in [1.807, 2.05) is 84.2 Å². The molecule has 208 valence electrons. The van der Waals surface area contributed by atoms with Gasteiger partial charge in [-0.15, -0.1) is 11.3 Å². The number of rotatable bonds is 8. The van der Waals surface area contributed by atoms with Crippen LogP contribution < -0.4 is 10.1 Å². The second kappa shape index (κ2) is 12.2. The Balaban J connectivity index is 1.38. The van der Waals surface area contributed by atoms with Crippen molar-refractivity contribution in [3.05, 3.63) is 101 Å². The van der Waals surface area contributed by atoms with Crippen LogP contribution in [0.2, 0.25) is 0 Å². The molecule has 3 aromatic carbocycles. The van der Waals surface area contributed by atoms with Gasteiger partial charge in [-0.25, -0.2) is 9.78 Å². The Kier molecular flexibility index (Phi) is 8.26. The molecule has 1 N–H and O–H groups in total. The van der Waals surface area contributed by atoms with Gasteiger partial charge in [0.25, 0.3) is 0 Å². The van der Waals surface area contributed by atoms with Gasteiger partial charge in [0.15, 0.2) is 5.13 Å². The van der Waals surface area contributed by atoms with Crippen LogP contribution in [-0.2, 0) is 19.1 Å². The van der Waals surface area contributed by atoms with E-state index in [4.69, 9.17) is 19.2 Å². The van der Waals surface area contributed by atoms with Crippen molar-refractivity contribution >= 4 is 39.8 Å². The molecule has 1 aromatic heterocycles. The normalized spacial score (nSPS) is 16.5. The van der Waals surface area contributed by atoms with Gasteiger partial charge in [0.1, 0.15) is 17.4 Å². The molecule has 0 fully saturated rings. The Morgan fingerprint density at radius 2 is 1.61 bits per heavy atom. The van der Waals surface area contributed by atoms with E-state index in [9.17, 15) is 9.59 Å². The number of anilines is 2. The number of aliphatic imine (C=N–C) groups is 1. The van der Waals surface area contributed by atoms with E-state index in [0.717, 1.165) is 34.0 Å². The number of carbonyl (C=O) groups is 2. The molecule has 0 bridgehead atoms. The Hall–Kier alpha value is -4.76. The average Bonchev–Trinajstić information content (AvgIpc) is 3.45. The summed E-state index contributed by atoms with van der Waals surface area (Å²) in [5, 5.41) is 6.04. The summed E-state index contributed by atoms with van der Waals surface area (Å²) in [7, 11) is 2.65. The fourth-order valence-electron chi connectivity index (χ4n) is 4.92. The molecule has 4 aromatic rings. The van der Waals surface area contributed by atoms with E-state index in [0.29, 0.717) is 22.1 Å². The molecule has 41 heavy (non-hydrogen) atoms. The van der Waals surface area contributed by atoms with Crippen LogP contribution in [0.25, 0.3) is 11.3 Å². The fraction of sp³-hybridized carbons (Fsp3) is 0.188. The number of esters is 2. The van der Waals surface area contributed by atoms with Crippen molar-refractivity contribution in [2.24, 2.45) is 10.9 Å². The number of nitrogens with zero attached hydrogens (tertiary/aromatic N) is 2. The van der Waals surface area contributed by atoms with Gasteiger partial charge in [-0.2, -0.15) is 0 Å². The second-order valence-electron chi connectivity index (χ2n) is 9.45. The first-order valence-corrected chi connectivity index (χ1v) is 13.8. The number of methoxy groups -OCH3 is 2. The van der Waals surface area contributed by atoms with Gasteiger partial charge in [0, 0.05) is 34.0 Å². The van der Waals surface area contributed by atoms with Crippen LogP contribution in [0.5, 0.6) is 11.5 Å². The van der Waals surface area contributed by atoms with Crippen LogP contribution in [-0.4, -0.2) is 36.9 Å². The van der Waals surface area contributed by atoms with Crippen LogP contribution in [0, 0.1) is 5.92 Å².